The summed E-state index contributed by atoms with van der Waals surface area (Å²) in [4.78, 5) is 0. The highest BCUT2D eigenvalue weighted by atomic mass is 79.9. The summed E-state index contributed by atoms with van der Waals surface area (Å²) in [7, 11) is 3.74. The standard InChI is InChI=1S/C15H18BrClFN3/c1-4-12-15(17)14(21(3)20-12)8-13(19-2)10-7-9(18)5-6-11(10)16/h5-7,13,19H,4,8H2,1-3H3. The summed E-state index contributed by atoms with van der Waals surface area (Å²) in [6.07, 6.45) is 1.43. The van der Waals surface area contributed by atoms with Crippen LogP contribution in [0.15, 0.2) is 22.7 Å². The van der Waals surface area contributed by atoms with Crippen molar-refractivity contribution in [3.05, 3.63) is 50.5 Å². The molecule has 114 valence electrons. The highest BCUT2D eigenvalue weighted by molar-refractivity contribution is 9.10. The zero-order chi connectivity index (χ0) is 15.6. The van der Waals surface area contributed by atoms with Gasteiger partial charge in [-0.15, -0.1) is 0 Å². The molecular formula is C15H18BrClFN3. The molecule has 0 spiro atoms. The van der Waals surface area contributed by atoms with Gasteiger partial charge < -0.3 is 5.32 Å². The Morgan fingerprint density at radius 2 is 2.19 bits per heavy atom. The van der Waals surface area contributed by atoms with E-state index in [4.69, 9.17) is 11.6 Å². The normalized spacial score (nSPS) is 12.7. The topological polar surface area (TPSA) is 29.9 Å². The van der Waals surface area contributed by atoms with E-state index in [-0.39, 0.29) is 11.9 Å². The van der Waals surface area contributed by atoms with Crippen molar-refractivity contribution in [1.82, 2.24) is 15.1 Å². The fourth-order valence-corrected chi connectivity index (χ4v) is 3.28. The second-order valence-corrected chi connectivity index (χ2v) is 6.13. The van der Waals surface area contributed by atoms with Crippen LogP contribution in [0.5, 0.6) is 0 Å². The van der Waals surface area contributed by atoms with Crippen LogP contribution in [0.2, 0.25) is 5.02 Å². The maximum atomic E-state index is 13.5. The van der Waals surface area contributed by atoms with Crippen molar-refractivity contribution in [2.45, 2.75) is 25.8 Å². The highest BCUT2D eigenvalue weighted by Gasteiger charge is 2.20. The number of nitrogens with one attached hydrogen (secondary N) is 1. The van der Waals surface area contributed by atoms with E-state index in [0.29, 0.717) is 11.4 Å². The summed E-state index contributed by atoms with van der Waals surface area (Å²) in [5, 5.41) is 8.34. The minimum atomic E-state index is -0.251. The monoisotopic (exact) mass is 373 g/mol. The van der Waals surface area contributed by atoms with Crippen molar-refractivity contribution < 1.29 is 4.39 Å². The van der Waals surface area contributed by atoms with Gasteiger partial charge in [0, 0.05) is 24.0 Å². The lowest BCUT2D eigenvalue weighted by molar-refractivity contribution is 0.551. The van der Waals surface area contributed by atoms with Gasteiger partial charge in [-0.05, 0) is 37.2 Å². The highest BCUT2D eigenvalue weighted by Crippen LogP contribution is 2.30. The fourth-order valence-electron chi connectivity index (χ4n) is 2.38. The first-order valence-corrected chi connectivity index (χ1v) is 7.97. The van der Waals surface area contributed by atoms with E-state index in [1.54, 1.807) is 10.7 Å². The molecule has 1 unspecified atom stereocenters. The number of hydrogen-bond donors (Lipinski definition) is 1. The van der Waals surface area contributed by atoms with Gasteiger partial charge in [-0.1, -0.05) is 34.5 Å². The predicted octanol–water partition coefficient (Wildman–Crippen LogP) is 4.04. The van der Waals surface area contributed by atoms with Gasteiger partial charge in [0.2, 0.25) is 0 Å². The molecule has 1 aromatic carbocycles. The average Bonchev–Trinajstić information content (AvgIpc) is 2.74. The molecule has 1 N–H and O–H groups in total. The summed E-state index contributed by atoms with van der Waals surface area (Å²) >= 11 is 9.87. The Morgan fingerprint density at radius 3 is 2.76 bits per heavy atom. The number of halogens is 3. The third-order valence-electron chi connectivity index (χ3n) is 3.58. The molecule has 0 saturated heterocycles. The van der Waals surface area contributed by atoms with E-state index in [1.165, 1.54) is 12.1 Å². The molecule has 0 amide bonds. The van der Waals surface area contributed by atoms with Gasteiger partial charge in [-0.3, -0.25) is 4.68 Å². The van der Waals surface area contributed by atoms with Crippen LogP contribution < -0.4 is 5.32 Å². The first-order chi connectivity index (χ1) is 9.97. The maximum absolute atomic E-state index is 13.5. The minimum absolute atomic E-state index is 0.0484. The Balaban J connectivity index is 2.36. The summed E-state index contributed by atoms with van der Waals surface area (Å²) in [6, 6.07) is 4.65. The minimum Gasteiger partial charge on any atom is -0.313 e. The number of aryl methyl sites for hydroxylation is 2. The van der Waals surface area contributed by atoms with E-state index in [1.807, 2.05) is 21.0 Å². The van der Waals surface area contributed by atoms with Gasteiger partial charge in [0.25, 0.3) is 0 Å². The summed E-state index contributed by atoms with van der Waals surface area (Å²) in [5.41, 5.74) is 2.71. The zero-order valence-electron chi connectivity index (χ0n) is 12.3. The van der Waals surface area contributed by atoms with Crippen molar-refractivity contribution >= 4 is 27.5 Å². The second kappa shape index (κ2) is 6.90. The Bertz CT molecular complexity index is 642. The van der Waals surface area contributed by atoms with Crippen LogP contribution in [0.25, 0.3) is 0 Å². The van der Waals surface area contributed by atoms with Crippen molar-refractivity contribution in [2.24, 2.45) is 7.05 Å². The van der Waals surface area contributed by atoms with E-state index in [0.717, 1.165) is 27.8 Å². The molecule has 0 aliphatic carbocycles. The number of likely N-dealkylation sites (N-methyl/N-ethyl adjacent to an activating group) is 1. The molecule has 6 heteroatoms. The number of nitrogens with zero attached hydrogens (tertiary/aromatic N) is 2. The third kappa shape index (κ3) is 3.47. The molecule has 1 heterocycles. The Hall–Kier alpha value is -0.910. The second-order valence-electron chi connectivity index (χ2n) is 4.90. The van der Waals surface area contributed by atoms with Crippen molar-refractivity contribution in [1.29, 1.82) is 0 Å². The van der Waals surface area contributed by atoms with E-state index in [2.05, 4.69) is 26.3 Å². The number of hydrogen-bond acceptors (Lipinski definition) is 2. The van der Waals surface area contributed by atoms with Crippen molar-refractivity contribution in [3.63, 3.8) is 0 Å². The first-order valence-electron chi connectivity index (χ1n) is 6.80. The molecular weight excluding hydrogens is 357 g/mol. The fraction of sp³-hybridized carbons (Fsp3) is 0.400. The number of aromatic nitrogens is 2. The van der Waals surface area contributed by atoms with E-state index >= 15 is 0 Å². The summed E-state index contributed by atoms with van der Waals surface area (Å²) in [6.45, 7) is 2.02. The molecule has 0 bridgehead atoms. The SMILES string of the molecule is CCc1nn(C)c(CC(NC)c2cc(F)ccc2Br)c1Cl. The van der Waals surface area contributed by atoms with Crippen LogP contribution in [0.3, 0.4) is 0 Å². The van der Waals surface area contributed by atoms with E-state index in [9.17, 15) is 4.39 Å². The van der Waals surface area contributed by atoms with Crippen LogP contribution in [0.4, 0.5) is 4.39 Å². The van der Waals surface area contributed by atoms with Gasteiger partial charge in [0.15, 0.2) is 0 Å². The van der Waals surface area contributed by atoms with Gasteiger partial charge >= 0.3 is 0 Å². The zero-order valence-corrected chi connectivity index (χ0v) is 14.6. The Labute approximate surface area is 137 Å². The molecule has 1 aromatic heterocycles. The molecule has 0 aliphatic heterocycles. The lowest BCUT2D eigenvalue weighted by Crippen LogP contribution is -2.21. The van der Waals surface area contributed by atoms with Crippen LogP contribution in [0, 0.1) is 5.82 Å². The van der Waals surface area contributed by atoms with Crippen molar-refractivity contribution in [2.75, 3.05) is 7.05 Å². The van der Waals surface area contributed by atoms with Crippen LogP contribution >= 0.6 is 27.5 Å². The number of benzene rings is 1. The molecule has 1 atom stereocenters. The number of rotatable bonds is 5. The Kier molecular flexibility index (Phi) is 5.41. The van der Waals surface area contributed by atoms with E-state index < -0.39 is 0 Å². The molecule has 21 heavy (non-hydrogen) atoms. The van der Waals surface area contributed by atoms with Gasteiger partial charge in [-0.25, -0.2) is 4.39 Å². The maximum Gasteiger partial charge on any atom is 0.123 e. The van der Waals surface area contributed by atoms with Gasteiger partial charge in [0.05, 0.1) is 16.4 Å². The lowest BCUT2D eigenvalue weighted by atomic mass is 10.0. The van der Waals surface area contributed by atoms with Gasteiger partial charge in [-0.2, -0.15) is 5.10 Å². The molecule has 0 radical (unpaired) electrons. The molecule has 3 nitrogen and oxygen atoms in total. The summed E-state index contributed by atoms with van der Waals surface area (Å²) in [5.74, 6) is -0.251. The molecule has 0 fully saturated rings. The summed E-state index contributed by atoms with van der Waals surface area (Å²) < 4.78 is 16.2. The quantitative estimate of drug-likeness (QED) is 0.856. The molecule has 2 rings (SSSR count). The van der Waals surface area contributed by atoms with Crippen molar-refractivity contribution in [3.8, 4) is 0 Å². The van der Waals surface area contributed by atoms with Crippen LogP contribution in [-0.4, -0.2) is 16.8 Å². The third-order valence-corrected chi connectivity index (χ3v) is 4.74. The van der Waals surface area contributed by atoms with Crippen LogP contribution in [0.1, 0.15) is 29.9 Å². The molecule has 2 aromatic rings. The first kappa shape index (κ1) is 16.5. The molecule has 0 aliphatic rings. The van der Waals surface area contributed by atoms with Crippen LogP contribution in [-0.2, 0) is 19.9 Å². The smallest absolute Gasteiger partial charge is 0.123 e. The van der Waals surface area contributed by atoms with Gasteiger partial charge in [0.1, 0.15) is 5.82 Å². The largest absolute Gasteiger partial charge is 0.313 e. The predicted molar refractivity (Wildman–Crippen MR) is 87.2 cm³/mol. The Morgan fingerprint density at radius 1 is 1.48 bits per heavy atom. The lowest BCUT2D eigenvalue weighted by Gasteiger charge is -2.18. The average molecular weight is 375 g/mol. The molecule has 0 saturated carbocycles.